The lowest BCUT2D eigenvalue weighted by molar-refractivity contribution is -0.131. The zero-order valence-corrected chi connectivity index (χ0v) is 15.2. The van der Waals surface area contributed by atoms with Crippen LogP contribution < -0.4 is 11.1 Å². The molecule has 3 N–H and O–H groups in total. The van der Waals surface area contributed by atoms with Crippen molar-refractivity contribution in [2.45, 2.75) is 33.2 Å². The molecule has 0 atom stereocenters. The molecule has 6 heteroatoms. The third kappa shape index (κ3) is 4.53. The minimum absolute atomic E-state index is 0. The van der Waals surface area contributed by atoms with Gasteiger partial charge < -0.3 is 11.1 Å². The van der Waals surface area contributed by atoms with E-state index in [0.29, 0.717) is 13.1 Å². The molecular weight excluding hydrogens is 330 g/mol. The Morgan fingerprint density at radius 3 is 2.48 bits per heavy atom. The second-order valence-corrected chi connectivity index (χ2v) is 6.24. The van der Waals surface area contributed by atoms with Crippen molar-refractivity contribution in [2.24, 2.45) is 11.1 Å². The molecule has 0 bridgehead atoms. The molecule has 0 unspecified atom stereocenters. The number of carbonyl (C=O) groups excluding carboxylic acids is 1. The molecule has 0 saturated carbocycles. The monoisotopic (exact) mass is 353 g/mol. The fourth-order valence-electron chi connectivity index (χ4n) is 2.41. The van der Waals surface area contributed by atoms with Crippen LogP contribution in [0.15, 0.2) is 35.7 Å². The molecule has 0 saturated heterocycles. The van der Waals surface area contributed by atoms with E-state index in [9.17, 15) is 4.79 Å². The van der Waals surface area contributed by atoms with E-state index in [4.69, 9.17) is 5.73 Å². The van der Waals surface area contributed by atoms with E-state index in [-0.39, 0.29) is 18.3 Å². The molecule has 1 aromatic carbocycles. The van der Waals surface area contributed by atoms with E-state index in [1.165, 1.54) is 0 Å². The van der Waals surface area contributed by atoms with E-state index in [1.54, 1.807) is 11.3 Å². The number of benzene rings is 1. The Bertz CT molecular complexity index is 603. The van der Waals surface area contributed by atoms with Gasteiger partial charge in [0, 0.05) is 17.5 Å². The molecule has 0 aliphatic rings. The number of carbonyl (C=O) groups is 1. The first-order chi connectivity index (χ1) is 10.6. The molecule has 1 aromatic heterocycles. The molecule has 0 fully saturated rings. The minimum Gasteiger partial charge on any atom is -0.350 e. The lowest BCUT2D eigenvalue weighted by Crippen LogP contribution is -2.45. The maximum atomic E-state index is 12.4. The van der Waals surface area contributed by atoms with Gasteiger partial charge in [0.2, 0.25) is 5.91 Å². The Kier molecular flexibility index (Phi) is 7.68. The smallest absolute Gasteiger partial charge is 0.227 e. The summed E-state index contributed by atoms with van der Waals surface area (Å²) in [6.07, 6.45) is 1.50. The zero-order valence-electron chi connectivity index (χ0n) is 13.5. The van der Waals surface area contributed by atoms with Crippen LogP contribution in [-0.2, 0) is 11.3 Å². The number of nitrogens with zero attached hydrogens (tertiary/aromatic N) is 1. The summed E-state index contributed by atoms with van der Waals surface area (Å²) >= 11 is 1.59. The Labute approximate surface area is 147 Å². The molecule has 0 radical (unpaired) electrons. The molecule has 0 aliphatic heterocycles. The number of nitrogens with two attached hydrogens (primary N) is 1. The van der Waals surface area contributed by atoms with Crippen LogP contribution in [0.4, 0.5) is 0 Å². The second kappa shape index (κ2) is 9.01. The van der Waals surface area contributed by atoms with Crippen LogP contribution in [0, 0.1) is 5.41 Å². The Balaban J connectivity index is 0.00000264. The summed E-state index contributed by atoms with van der Waals surface area (Å²) < 4.78 is 0. The molecule has 1 amide bonds. The van der Waals surface area contributed by atoms with Gasteiger partial charge in [-0.1, -0.05) is 44.2 Å². The first kappa shape index (κ1) is 19.6. The average Bonchev–Trinajstić information content (AvgIpc) is 3.05. The number of hydrogen-bond acceptors (Lipinski definition) is 4. The van der Waals surface area contributed by atoms with E-state index in [1.807, 2.05) is 49.6 Å². The summed E-state index contributed by atoms with van der Waals surface area (Å²) in [7, 11) is 0. The summed E-state index contributed by atoms with van der Waals surface area (Å²) in [5, 5.41) is 5.95. The van der Waals surface area contributed by atoms with E-state index in [2.05, 4.69) is 10.3 Å². The highest BCUT2D eigenvalue weighted by atomic mass is 35.5. The molecule has 1 heterocycles. The largest absolute Gasteiger partial charge is 0.350 e. The van der Waals surface area contributed by atoms with Crippen LogP contribution in [0.3, 0.4) is 0 Å². The number of hydrogen-bond donors (Lipinski definition) is 2. The lowest BCUT2D eigenvalue weighted by atomic mass is 9.81. The van der Waals surface area contributed by atoms with Crippen LogP contribution in [0.2, 0.25) is 0 Å². The predicted molar refractivity (Wildman–Crippen MR) is 98.7 cm³/mol. The standard InChI is InChI=1S/C17H23N3OS.ClH/c1-3-17(4-2,12-18)16(21)19-10-14-11-22-15(20-14)13-8-6-5-7-9-13;/h5-9,11H,3-4,10,12,18H2,1-2H3,(H,19,21);1H. The van der Waals surface area contributed by atoms with Gasteiger partial charge in [0.1, 0.15) is 5.01 Å². The molecule has 0 aliphatic carbocycles. The first-order valence-corrected chi connectivity index (χ1v) is 8.51. The molecule has 0 spiro atoms. The molecule has 126 valence electrons. The van der Waals surface area contributed by atoms with Gasteiger partial charge in [-0.15, -0.1) is 23.7 Å². The van der Waals surface area contributed by atoms with Crippen LogP contribution >= 0.6 is 23.7 Å². The quantitative estimate of drug-likeness (QED) is 0.798. The summed E-state index contributed by atoms with van der Waals surface area (Å²) in [4.78, 5) is 17.0. The minimum atomic E-state index is -0.460. The van der Waals surface area contributed by atoms with Gasteiger partial charge in [-0.3, -0.25) is 4.79 Å². The normalized spacial score (nSPS) is 10.9. The van der Waals surface area contributed by atoms with Crippen LogP contribution in [-0.4, -0.2) is 17.4 Å². The van der Waals surface area contributed by atoms with Crippen molar-refractivity contribution in [2.75, 3.05) is 6.54 Å². The van der Waals surface area contributed by atoms with E-state index in [0.717, 1.165) is 29.1 Å². The highest BCUT2D eigenvalue weighted by Gasteiger charge is 2.33. The average molecular weight is 354 g/mol. The van der Waals surface area contributed by atoms with Crippen LogP contribution in [0.25, 0.3) is 10.6 Å². The highest BCUT2D eigenvalue weighted by molar-refractivity contribution is 7.13. The number of aromatic nitrogens is 1. The summed E-state index contributed by atoms with van der Waals surface area (Å²) in [6, 6.07) is 10.1. The van der Waals surface area contributed by atoms with Crippen LogP contribution in [0.5, 0.6) is 0 Å². The Hall–Kier alpha value is -1.43. The third-order valence-electron chi connectivity index (χ3n) is 4.23. The topological polar surface area (TPSA) is 68.0 Å². The van der Waals surface area contributed by atoms with Crippen molar-refractivity contribution >= 4 is 29.7 Å². The fourth-order valence-corrected chi connectivity index (χ4v) is 3.24. The van der Waals surface area contributed by atoms with Gasteiger partial charge in [0.25, 0.3) is 0 Å². The lowest BCUT2D eigenvalue weighted by Gasteiger charge is -2.28. The number of nitrogens with one attached hydrogen (secondary N) is 1. The molecule has 2 rings (SSSR count). The SMILES string of the molecule is CCC(CC)(CN)C(=O)NCc1csc(-c2ccccc2)n1.Cl. The van der Waals surface area contributed by atoms with Gasteiger partial charge in [0.15, 0.2) is 0 Å². The summed E-state index contributed by atoms with van der Waals surface area (Å²) in [5.74, 6) is 0.0225. The van der Waals surface area contributed by atoms with Crippen LogP contribution in [0.1, 0.15) is 32.4 Å². The van der Waals surface area contributed by atoms with Gasteiger partial charge in [0.05, 0.1) is 17.7 Å². The van der Waals surface area contributed by atoms with Crippen molar-refractivity contribution < 1.29 is 4.79 Å². The van der Waals surface area contributed by atoms with E-state index >= 15 is 0 Å². The predicted octanol–water partition coefficient (Wildman–Crippen LogP) is 3.61. The zero-order chi connectivity index (χ0) is 16.0. The molecule has 23 heavy (non-hydrogen) atoms. The van der Waals surface area contributed by atoms with E-state index < -0.39 is 5.41 Å². The van der Waals surface area contributed by atoms with Gasteiger partial charge in [-0.25, -0.2) is 4.98 Å². The van der Waals surface area contributed by atoms with Gasteiger partial charge in [-0.2, -0.15) is 0 Å². The third-order valence-corrected chi connectivity index (χ3v) is 5.17. The molecule has 4 nitrogen and oxygen atoms in total. The fraction of sp³-hybridized carbons (Fsp3) is 0.412. The van der Waals surface area contributed by atoms with Crippen molar-refractivity contribution in [3.05, 3.63) is 41.4 Å². The van der Waals surface area contributed by atoms with Crippen molar-refractivity contribution in [3.8, 4) is 10.6 Å². The van der Waals surface area contributed by atoms with Crippen molar-refractivity contribution in [3.63, 3.8) is 0 Å². The van der Waals surface area contributed by atoms with Gasteiger partial charge in [-0.05, 0) is 12.8 Å². The second-order valence-electron chi connectivity index (χ2n) is 5.38. The number of rotatable bonds is 7. The highest BCUT2D eigenvalue weighted by Crippen LogP contribution is 2.26. The molecular formula is C17H24ClN3OS. The summed E-state index contributed by atoms with van der Waals surface area (Å²) in [6.45, 7) is 4.83. The Morgan fingerprint density at radius 1 is 1.26 bits per heavy atom. The maximum Gasteiger partial charge on any atom is 0.227 e. The van der Waals surface area contributed by atoms with Crippen molar-refractivity contribution in [1.82, 2.24) is 10.3 Å². The number of amides is 1. The first-order valence-electron chi connectivity index (χ1n) is 7.63. The van der Waals surface area contributed by atoms with Gasteiger partial charge >= 0.3 is 0 Å². The number of halogens is 1. The molecule has 2 aromatic rings. The maximum absolute atomic E-state index is 12.4. The number of thiazole rings is 1. The Morgan fingerprint density at radius 2 is 1.91 bits per heavy atom. The summed E-state index contributed by atoms with van der Waals surface area (Å²) in [5.41, 5.74) is 7.33. The van der Waals surface area contributed by atoms with Crippen molar-refractivity contribution in [1.29, 1.82) is 0 Å².